The van der Waals surface area contributed by atoms with Crippen LogP contribution in [0.5, 0.6) is 0 Å². The van der Waals surface area contributed by atoms with Crippen molar-refractivity contribution in [2.45, 2.75) is 315 Å². The van der Waals surface area contributed by atoms with Crippen molar-refractivity contribution in [3.05, 3.63) is 36.5 Å². The van der Waals surface area contributed by atoms with Gasteiger partial charge in [0.1, 0.15) is 19.3 Å². The molecule has 9 nitrogen and oxygen atoms in total. The van der Waals surface area contributed by atoms with Gasteiger partial charge in [-0.05, 0) is 63.9 Å². The van der Waals surface area contributed by atoms with Crippen LogP contribution in [0.15, 0.2) is 36.5 Å². The Bertz CT molecular complexity index is 1350. The molecule has 0 bridgehead atoms. The molecule has 0 fully saturated rings. The van der Waals surface area contributed by atoms with Crippen molar-refractivity contribution in [1.82, 2.24) is 5.32 Å². The number of ether oxygens (including phenoxy) is 1. The summed E-state index contributed by atoms with van der Waals surface area (Å²) in [4.78, 5) is 40.0. The van der Waals surface area contributed by atoms with E-state index >= 15 is 0 Å². The largest absolute Gasteiger partial charge is 0.756 e. The van der Waals surface area contributed by atoms with E-state index in [2.05, 4.69) is 50.4 Å². The molecule has 0 aliphatic rings. The Morgan fingerprint density at radius 3 is 1.26 bits per heavy atom. The van der Waals surface area contributed by atoms with Crippen molar-refractivity contribution in [2.24, 2.45) is 0 Å². The van der Waals surface area contributed by atoms with Gasteiger partial charge in [-0.3, -0.25) is 14.2 Å². The number of amides is 1. The van der Waals surface area contributed by atoms with E-state index in [0.717, 1.165) is 64.2 Å². The monoisotopic (exact) mass is 1050 g/mol. The van der Waals surface area contributed by atoms with Crippen LogP contribution in [0.3, 0.4) is 0 Å². The van der Waals surface area contributed by atoms with Crippen molar-refractivity contribution < 1.29 is 37.3 Å². The van der Waals surface area contributed by atoms with Crippen LogP contribution in [-0.4, -0.2) is 69.4 Å². The number of hydrogen-bond acceptors (Lipinski definition) is 7. The Balaban J connectivity index is 5.19. The van der Waals surface area contributed by atoms with E-state index < -0.39 is 20.0 Å². The Kier molecular flexibility index (Phi) is 52.3. The molecule has 0 aromatic rings. The van der Waals surface area contributed by atoms with Crippen molar-refractivity contribution >= 4 is 19.7 Å². The first-order valence-electron chi connectivity index (χ1n) is 31.3. The van der Waals surface area contributed by atoms with E-state index in [1.165, 1.54) is 205 Å². The van der Waals surface area contributed by atoms with Gasteiger partial charge in [-0.2, -0.15) is 0 Å². The number of quaternary nitrogens is 1. The lowest BCUT2D eigenvalue weighted by Gasteiger charge is -2.30. The van der Waals surface area contributed by atoms with Crippen molar-refractivity contribution in [2.75, 3.05) is 40.9 Å². The first-order valence-corrected chi connectivity index (χ1v) is 32.8. The number of phosphoric acid groups is 1. The third-order valence-corrected chi connectivity index (χ3v) is 15.0. The van der Waals surface area contributed by atoms with Gasteiger partial charge in [-0.15, -0.1) is 0 Å². The van der Waals surface area contributed by atoms with Crippen LogP contribution < -0.4 is 10.2 Å². The molecular weight excluding hydrogens is 928 g/mol. The highest BCUT2D eigenvalue weighted by Gasteiger charge is 2.27. The highest BCUT2D eigenvalue weighted by molar-refractivity contribution is 7.45. The summed E-state index contributed by atoms with van der Waals surface area (Å²) in [6.07, 6.45) is 63.9. The highest BCUT2D eigenvalue weighted by atomic mass is 31.2. The fourth-order valence-corrected chi connectivity index (χ4v) is 9.92. The molecule has 73 heavy (non-hydrogen) atoms. The van der Waals surface area contributed by atoms with Gasteiger partial charge in [0.05, 0.1) is 33.8 Å². The van der Waals surface area contributed by atoms with Gasteiger partial charge in [0.2, 0.25) is 5.91 Å². The molecule has 1 N–H and O–H groups in total. The van der Waals surface area contributed by atoms with Gasteiger partial charge < -0.3 is 28.5 Å². The summed E-state index contributed by atoms with van der Waals surface area (Å²) < 4.78 is 30.3. The molecule has 0 aliphatic heterocycles. The number of nitrogens with one attached hydrogen (secondary N) is 1. The zero-order chi connectivity index (χ0) is 53.6. The number of carbonyl (C=O) groups excluding carboxylic acids is 2. The minimum Gasteiger partial charge on any atom is -0.756 e. The summed E-state index contributed by atoms with van der Waals surface area (Å²) in [6.45, 7) is 6.85. The molecule has 1 amide bonds. The molecule has 3 unspecified atom stereocenters. The summed E-state index contributed by atoms with van der Waals surface area (Å²) in [5, 5.41) is 3.03. The predicted molar refractivity (Wildman–Crippen MR) is 312 cm³/mol. The number of unbranched alkanes of at least 4 members (excludes halogenated alkanes) is 37. The van der Waals surface area contributed by atoms with Crippen LogP contribution in [-0.2, 0) is 27.9 Å². The Morgan fingerprint density at radius 2 is 0.836 bits per heavy atom. The standard InChI is InChI=1S/C63H121N2O7P/c1-7-10-13-16-19-22-25-27-29-31-32-34-36-38-41-44-47-50-53-56-63(67)72-61(54-51-48-45-42-39-24-21-18-15-12-9-3)60(59-71-73(68,69)70-58-57-65(4,5)6)64-62(66)55-52-49-46-43-40-37-35-33-30-28-26-23-20-17-14-11-8-2/h19,22,27,29,51,54,60-61H,7-18,20-21,23-26,28,30-50,52-53,55-59H2,1-6H3,(H-,64,66,68,69)/b22-19-,29-27-,54-51+. The normalized spacial score (nSPS) is 13.9. The summed E-state index contributed by atoms with van der Waals surface area (Å²) in [7, 11) is 1.19. The fraction of sp³-hybridized carbons (Fsp3) is 0.873. The molecule has 0 aromatic heterocycles. The molecule has 0 aliphatic carbocycles. The third kappa shape index (κ3) is 54.8. The second kappa shape index (κ2) is 53.6. The number of rotatable bonds is 57. The number of nitrogens with zero attached hydrogens (tertiary/aromatic N) is 1. The van der Waals surface area contributed by atoms with Gasteiger partial charge in [-0.1, -0.05) is 263 Å². The number of allylic oxidation sites excluding steroid dienone is 5. The van der Waals surface area contributed by atoms with Gasteiger partial charge in [0.25, 0.3) is 7.82 Å². The maximum Gasteiger partial charge on any atom is 0.306 e. The molecule has 430 valence electrons. The Labute approximate surface area is 453 Å². The smallest absolute Gasteiger partial charge is 0.306 e. The molecule has 0 heterocycles. The van der Waals surface area contributed by atoms with E-state index in [1.807, 2.05) is 33.3 Å². The van der Waals surface area contributed by atoms with Crippen molar-refractivity contribution in [1.29, 1.82) is 0 Å². The summed E-state index contributed by atoms with van der Waals surface area (Å²) in [5.74, 6) is -0.533. The number of hydrogen-bond donors (Lipinski definition) is 1. The van der Waals surface area contributed by atoms with E-state index in [-0.39, 0.29) is 31.5 Å². The zero-order valence-corrected chi connectivity index (χ0v) is 50.0. The number of esters is 1. The van der Waals surface area contributed by atoms with Crippen LogP contribution >= 0.6 is 7.82 Å². The van der Waals surface area contributed by atoms with Crippen molar-refractivity contribution in [3.63, 3.8) is 0 Å². The second-order valence-corrected chi connectivity index (χ2v) is 24.0. The number of likely N-dealkylation sites (N-methyl/N-ethyl adjacent to an activating group) is 1. The minimum atomic E-state index is -4.69. The molecule has 3 atom stereocenters. The average molecular weight is 1050 g/mol. The van der Waals surface area contributed by atoms with Crippen LogP contribution in [0, 0.1) is 0 Å². The van der Waals surface area contributed by atoms with E-state index in [1.54, 1.807) is 0 Å². The predicted octanol–water partition coefficient (Wildman–Crippen LogP) is 18.5. The van der Waals surface area contributed by atoms with Gasteiger partial charge >= 0.3 is 5.97 Å². The molecule has 0 saturated carbocycles. The molecule has 0 spiro atoms. The van der Waals surface area contributed by atoms with Gasteiger partial charge in [-0.25, -0.2) is 0 Å². The summed E-state index contributed by atoms with van der Waals surface area (Å²) in [5.41, 5.74) is 0. The Morgan fingerprint density at radius 1 is 0.479 bits per heavy atom. The number of phosphoric ester groups is 1. The number of carbonyl (C=O) groups is 2. The molecular formula is C63H121N2O7P. The maximum absolute atomic E-state index is 13.5. The van der Waals surface area contributed by atoms with Crippen molar-refractivity contribution in [3.8, 4) is 0 Å². The lowest BCUT2D eigenvalue weighted by molar-refractivity contribution is -0.870. The second-order valence-electron chi connectivity index (χ2n) is 22.6. The van der Waals surface area contributed by atoms with Crippen LogP contribution in [0.25, 0.3) is 0 Å². The fourth-order valence-electron chi connectivity index (χ4n) is 9.20. The SMILES string of the molecule is CCCCC/C=C\C/C=C\CCCCCCCCCCCC(=O)OC(/C=C/CCCCCCCCCCC)C(COP(=O)([O-])OCC[N+](C)(C)C)NC(=O)CCCCCCCCCCCCCCCCCCC. The van der Waals surface area contributed by atoms with E-state index in [9.17, 15) is 19.0 Å². The topological polar surface area (TPSA) is 114 Å². The quantitative estimate of drug-likeness (QED) is 0.0212. The van der Waals surface area contributed by atoms with E-state index in [4.69, 9.17) is 13.8 Å². The lowest BCUT2D eigenvalue weighted by atomic mass is 10.0. The maximum atomic E-state index is 13.5. The van der Waals surface area contributed by atoms with E-state index in [0.29, 0.717) is 17.4 Å². The average Bonchev–Trinajstić information content (AvgIpc) is 3.35. The zero-order valence-electron chi connectivity index (χ0n) is 49.1. The van der Waals surface area contributed by atoms with Gasteiger partial charge in [0, 0.05) is 12.8 Å². The molecule has 0 saturated heterocycles. The third-order valence-electron chi connectivity index (χ3n) is 14.1. The lowest BCUT2D eigenvalue weighted by Crippen LogP contribution is -2.47. The van der Waals surface area contributed by atoms with Crippen LogP contribution in [0.2, 0.25) is 0 Å². The molecule has 10 heteroatoms. The summed E-state index contributed by atoms with van der Waals surface area (Å²) >= 11 is 0. The molecule has 0 aromatic carbocycles. The minimum absolute atomic E-state index is 0.0206. The van der Waals surface area contributed by atoms with Crippen LogP contribution in [0.4, 0.5) is 0 Å². The molecule has 0 radical (unpaired) electrons. The highest BCUT2D eigenvalue weighted by Crippen LogP contribution is 2.38. The van der Waals surface area contributed by atoms with Crippen LogP contribution in [0.1, 0.15) is 303 Å². The first-order chi connectivity index (χ1) is 35.4. The summed E-state index contributed by atoms with van der Waals surface area (Å²) in [6, 6.07) is -0.885. The first kappa shape index (κ1) is 71.2. The van der Waals surface area contributed by atoms with Gasteiger partial charge in [0.15, 0.2) is 0 Å². The molecule has 0 rings (SSSR count). The Hall–Kier alpha value is -1.77.